The van der Waals surface area contributed by atoms with E-state index >= 15 is 0 Å². The molecule has 2 rings (SSSR count). The third kappa shape index (κ3) is 2.63. The maximum absolute atomic E-state index is 13.8. The number of fused-ring (bicyclic) bond motifs is 1. The Bertz CT molecular complexity index is 475. The van der Waals surface area contributed by atoms with E-state index in [2.05, 4.69) is 5.32 Å². The van der Waals surface area contributed by atoms with Crippen LogP contribution in [0.3, 0.4) is 0 Å². The number of ether oxygens (including phenoxy) is 1. The van der Waals surface area contributed by atoms with Crippen molar-refractivity contribution in [1.82, 2.24) is 5.32 Å². The molecule has 0 spiro atoms. The van der Waals surface area contributed by atoms with E-state index in [1.54, 1.807) is 13.0 Å². The molecule has 0 heterocycles. The van der Waals surface area contributed by atoms with Gasteiger partial charge in [0.1, 0.15) is 5.82 Å². The molecule has 0 amide bonds. The molecule has 0 saturated carbocycles. The van der Waals surface area contributed by atoms with Gasteiger partial charge in [-0.05, 0) is 43.5 Å². The summed E-state index contributed by atoms with van der Waals surface area (Å²) in [5.74, 6) is -0.415. The van der Waals surface area contributed by atoms with Gasteiger partial charge in [0.25, 0.3) is 0 Å². The summed E-state index contributed by atoms with van der Waals surface area (Å²) >= 11 is 0. The van der Waals surface area contributed by atoms with E-state index in [0.29, 0.717) is 13.0 Å². The lowest BCUT2D eigenvalue weighted by molar-refractivity contribution is -0.145. The Labute approximate surface area is 113 Å². The molecule has 0 radical (unpaired) electrons. The van der Waals surface area contributed by atoms with Crippen molar-refractivity contribution < 1.29 is 13.9 Å². The molecule has 1 aliphatic carbocycles. The summed E-state index contributed by atoms with van der Waals surface area (Å²) in [7, 11) is 0. The normalized spacial score (nSPS) is 21.2. The van der Waals surface area contributed by atoms with Gasteiger partial charge in [0.15, 0.2) is 0 Å². The molecule has 3 nitrogen and oxygen atoms in total. The molecule has 1 aliphatic rings. The summed E-state index contributed by atoms with van der Waals surface area (Å²) in [6.45, 7) is 4.89. The quantitative estimate of drug-likeness (QED) is 0.831. The first-order valence-corrected chi connectivity index (χ1v) is 6.81. The van der Waals surface area contributed by atoms with Crippen molar-refractivity contribution in [3.63, 3.8) is 0 Å². The van der Waals surface area contributed by atoms with Crippen LogP contribution < -0.4 is 5.32 Å². The number of hydrogen-bond donors (Lipinski definition) is 1. The topological polar surface area (TPSA) is 38.3 Å². The van der Waals surface area contributed by atoms with Gasteiger partial charge in [0, 0.05) is 0 Å². The first-order chi connectivity index (χ1) is 9.13. The average Bonchev–Trinajstić information content (AvgIpc) is 2.71. The van der Waals surface area contributed by atoms with Gasteiger partial charge in [0.05, 0.1) is 18.6 Å². The molecule has 1 unspecified atom stereocenters. The number of hydrogen-bond acceptors (Lipinski definition) is 3. The Hall–Kier alpha value is -1.42. The fourth-order valence-electron chi connectivity index (χ4n) is 2.96. The standard InChI is InChI=1S/C15H20FNO2/c1-3-17-15(10-14(18)19-4-2)9-8-11-12(15)6-5-7-13(11)16/h5-7,17H,3-4,8-10H2,1-2H3. The Balaban J connectivity index is 2.33. The van der Waals surface area contributed by atoms with E-state index in [9.17, 15) is 9.18 Å². The van der Waals surface area contributed by atoms with E-state index in [1.165, 1.54) is 6.07 Å². The number of benzene rings is 1. The summed E-state index contributed by atoms with van der Waals surface area (Å²) in [6.07, 6.45) is 1.65. The Morgan fingerprint density at radius 2 is 2.26 bits per heavy atom. The number of esters is 1. The van der Waals surface area contributed by atoms with Gasteiger partial charge < -0.3 is 10.1 Å². The minimum atomic E-state index is -0.474. The third-order valence-electron chi connectivity index (χ3n) is 3.70. The number of rotatable bonds is 5. The minimum Gasteiger partial charge on any atom is -0.466 e. The van der Waals surface area contributed by atoms with Gasteiger partial charge in [-0.2, -0.15) is 0 Å². The number of carbonyl (C=O) groups is 1. The van der Waals surface area contributed by atoms with Crippen LogP contribution in [0.5, 0.6) is 0 Å². The molecule has 104 valence electrons. The van der Waals surface area contributed by atoms with Crippen molar-refractivity contribution in [2.45, 2.75) is 38.6 Å². The van der Waals surface area contributed by atoms with Crippen LogP contribution in [-0.2, 0) is 21.5 Å². The fraction of sp³-hybridized carbons (Fsp3) is 0.533. The molecule has 1 aromatic carbocycles. The fourth-order valence-corrected chi connectivity index (χ4v) is 2.96. The highest BCUT2D eigenvalue weighted by molar-refractivity contribution is 5.72. The van der Waals surface area contributed by atoms with E-state index in [4.69, 9.17) is 4.74 Å². The molecule has 1 atom stereocenters. The van der Waals surface area contributed by atoms with Gasteiger partial charge in [-0.15, -0.1) is 0 Å². The Kier molecular flexibility index (Phi) is 4.20. The summed E-state index contributed by atoms with van der Waals surface area (Å²) in [6, 6.07) is 5.09. The summed E-state index contributed by atoms with van der Waals surface area (Å²) in [4.78, 5) is 11.8. The van der Waals surface area contributed by atoms with Crippen LogP contribution in [0.15, 0.2) is 18.2 Å². The molecule has 1 aromatic rings. The van der Waals surface area contributed by atoms with E-state index < -0.39 is 5.54 Å². The zero-order chi connectivity index (χ0) is 13.9. The van der Waals surface area contributed by atoms with Gasteiger partial charge in [-0.1, -0.05) is 19.1 Å². The summed E-state index contributed by atoms with van der Waals surface area (Å²) in [5, 5.41) is 3.36. The molecule has 19 heavy (non-hydrogen) atoms. The van der Waals surface area contributed by atoms with E-state index in [-0.39, 0.29) is 18.2 Å². The number of carbonyl (C=O) groups excluding carboxylic acids is 1. The van der Waals surface area contributed by atoms with Crippen LogP contribution >= 0.6 is 0 Å². The molecule has 4 heteroatoms. The predicted octanol–water partition coefficient (Wildman–Crippen LogP) is 2.53. The zero-order valence-electron chi connectivity index (χ0n) is 11.5. The first kappa shape index (κ1) is 14.0. The zero-order valence-corrected chi connectivity index (χ0v) is 11.5. The first-order valence-electron chi connectivity index (χ1n) is 6.81. The Morgan fingerprint density at radius 1 is 1.47 bits per heavy atom. The van der Waals surface area contributed by atoms with E-state index in [0.717, 1.165) is 24.1 Å². The SMILES string of the molecule is CCNC1(CC(=O)OCC)CCc2c(F)cccc21. The molecule has 0 aliphatic heterocycles. The number of nitrogens with one attached hydrogen (secondary N) is 1. The lowest BCUT2D eigenvalue weighted by atomic mass is 9.88. The maximum Gasteiger partial charge on any atom is 0.308 e. The van der Waals surface area contributed by atoms with Crippen molar-refractivity contribution in [1.29, 1.82) is 0 Å². The molecule has 0 saturated heterocycles. The van der Waals surface area contributed by atoms with Gasteiger partial charge in [0.2, 0.25) is 0 Å². The largest absolute Gasteiger partial charge is 0.466 e. The molecule has 1 N–H and O–H groups in total. The van der Waals surface area contributed by atoms with Crippen molar-refractivity contribution in [3.05, 3.63) is 35.1 Å². The van der Waals surface area contributed by atoms with Crippen LogP contribution in [0.4, 0.5) is 4.39 Å². The minimum absolute atomic E-state index is 0.180. The molecule has 0 aromatic heterocycles. The molecular formula is C15H20FNO2. The van der Waals surface area contributed by atoms with Crippen molar-refractivity contribution in [2.75, 3.05) is 13.2 Å². The van der Waals surface area contributed by atoms with Crippen LogP contribution in [0, 0.1) is 5.82 Å². The lowest BCUT2D eigenvalue weighted by Crippen LogP contribution is -2.42. The van der Waals surface area contributed by atoms with E-state index in [1.807, 2.05) is 13.0 Å². The third-order valence-corrected chi connectivity index (χ3v) is 3.70. The molecule has 0 fully saturated rings. The highest BCUT2D eigenvalue weighted by Crippen LogP contribution is 2.40. The van der Waals surface area contributed by atoms with Crippen LogP contribution in [0.25, 0.3) is 0 Å². The van der Waals surface area contributed by atoms with Gasteiger partial charge in [-0.25, -0.2) is 4.39 Å². The second-order valence-electron chi connectivity index (χ2n) is 4.86. The van der Waals surface area contributed by atoms with Crippen molar-refractivity contribution >= 4 is 5.97 Å². The summed E-state index contributed by atoms with van der Waals surface area (Å²) in [5.41, 5.74) is 1.16. The smallest absolute Gasteiger partial charge is 0.308 e. The monoisotopic (exact) mass is 265 g/mol. The highest BCUT2D eigenvalue weighted by Gasteiger charge is 2.41. The van der Waals surface area contributed by atoms with Gasteiger partial charge >= 0.3 is 5.97 Å². The highest BCUT2D eigenvalue weighted by atomic mass is 19.1. The molecule has 0 bridgehead atoms. The van der Waals surface area contributed by atoms with Gasteiger partial charge in [-0.3, -0.25) is 4.79 Å². The second kappa shape index (κ2) is 5.70. The lowest BCUT2D eigenvalue weighted by Gasteiger charge is -2.30. The maximum atomic E-state index is 13.8. The predicted molar refractivity (Wildman–Crippen MR) is 71.3 cm³/mol. The van der Waals surface area contributed by atoms with Crippen molar-refractivity contribution in [3.8, 4) is 0 Å². The van der Waals surface area contributed by atoms with Crippen LogP contribution in [-0.4, -0.2) is 19.1 Å². The second-order valence-corrected chi connectivity index (χ2v) is 4.86. The van der Waals surface area contributed by atoms with Crippen LogP contribution in [0.1, 0.15) is 37.8 Å². The van der Waals surface area contributed by atoms with Crippen LogP contribution in [0.2, 0.25) is 0 Å². The molecular weight excluding hydrogens is 245 g/mol. The Morgan fingerprint density at radius 3 is 2.95 bits per heavy atom. The summed E-state index contributed by atoms with van der Waals surface area (Å²) < 4.78 is 18.9. The van der Waals surface area contributed by atoms with Crippen molar-refractivity contribution in [2.24, 2.45) is 0 Å². The average molecular weight is 265 g/mol. The number of halogens is 1.